The second-order valence-corrected chi connectivity index (χ2v) is 20.5. The molecule has 9 nitrogen and oxygen atoms in total. The first-order chi connectivity index (χ1) is 32.4. The maximum absolute atomic E-state index is 13.0. The number of alkyl halides is 1. The van der Waals surface area contributed by atoms with Gasteiger partial charge in [0.2, 0.25) is 0 Å². The zero-order valence-electron chi connectivity index (χ0n) is 42.3. The highest BCUT2D eigenvalue weighted by atomic mass is 79.9. The van der Waals surface area contributed by atoms with E-state index in [0.717, 1.165) is 67.2 Å². The summed E-state index contributed by atoms with van der Waals surface area (Å²) in [6, 6.07) is 27.6. The number of carbonyl (C=O) groups is 2. The topological polar surface area (TPSA) is 117 Å². The normalized spacial score (nSPS) is 12.5. The van der Waals surface area contributed by atoms with Crippen molar-refractivity contribution in [1.82, 2.24) is 9.97 Å². The van der Waals surface area contributed by atoms with Crippen LogP contribution in [0, 0.1) is 41.5 Å². The molecule has 0 aliphatic rings. The molecule has 4 aromatic carbocycles. The molecule has 12 heteroatoms. The summed E-state index contributed by atoms with van der Waals surface area (Å²) >= 11 is 16.0. The SMILES string of the molecule is CCOCc1nc(-c2ccc(C)c(C)c2)c(C)c(-c2ccc(Cl)cc2)c1[C@H](OC(C)(C)C)C(=O)O.COC(=O)[C@@H](OC(C)(C)C)c1c(CBr)nc(-c2ccc(C)c(C)c2)c(C)c1-c1ccc(Cl)cc1. The van der Waals surface area contributed by atoms with Gasteiger partial charge >= 0.3 is 11.9 Å². The Balaban J connectivity index is 0.000000258. The van der Waals surface area contributed by atoms with Crippen molar-refractivity contribution in [3.63, 3.8) is 0 Å². The van der Waals surface area contributed by atoms with Crippen molar-refractivity contribution in [2.45, 2.75) is 125 Å². The molecule has 0 radical (unpaired) electrons. The van der Waals surface area contributed by atoms with Crippen LogP contribution in [0.15, 0.2) is 84.9 Å². The number of esters is 1. The summed E-state index contributed by atoms with van der Waals surface area (Å²) < 4.78 is 23.3. The predicted octanol–water partition coefficient (Wildman–Crippen LogP) is 15.4. The molecule has 2 heterocycles. The Kier molecular flexibility index (Phi) is 18.6. The Morgan fingerprint density at radius 2 is 1.00 bits per heavy atom. The molecule has 1 N–H and O–H groups in total. The third kappa shape index (κ3) is 13.7. The average Bonchev–Trinajstić information content (AvgIpc) is 3.28. The van der Waals surface area contributed by atoms with Crippen LogP contribution in [-0.2, 0) is 40.5 Å². The summed E-state index contributed by atoms with van der Waals surface area (Å²) in [6.07, 6.45) is -2.17. The Bertz CT molecular complexity index is 2800. The zero-order chi connectivity index (χ0) is 51.1. The molecule has 366 valence electrons. The van der Waals surface area contributed by atoms with Gasteiger partial charge in [0.15, 0.2) is 12.2 Å². The third-order valence-corrected chi connectivity index (χ3v) is 12.7. The second kappa shape index (κ2) is 23.3. The molecule has 0 unspecified atom stereocenters. The van der Waals surface area contributed by atoms with Crippen LogP contribution >= 0.6 is 39.1 Å². The molecule has 0 amide bonds. The number of aromatic nitrogens is 2. The van der Waals surface area contributed by atoms with Crippen molar-refractivity contribution < 1.29 is 33.6 Å². The molecule has 0 saturated heterocycles. The zero-order valence-corrected chi connectivity index (χ0v) is 45.4. The smallest absolute Gasteiger partial charge is 0.339 e. The lowest BCUT2D eigenvalue weighted by atomic mass is 9.88. The first-order valence-electron chi connectivity index (χ1n) is 22.9. The van der Waals surface area contributed by atoms with E-state index in [1.807, 2.05) is 105 Å². The van der Waals surface area contributed by atoms with Gasteiger partial charge in [-0.15, -0.1) is 0 Å². The molecule has 2 aromatic heterocycles. The number of hydrogen-bond donors (Lipinski definition) is 1. The van der Waals surface area contributed by atoms with E-state index < -0.39 is 35.3 Å². The molecule has 6 rings (SSSR count). The molecule has 2 atom stereocenters. The van der Waals surface area contributed by atoms with Gasteiger partial charge < -0.3 is 24.1 Å². The number of benzene rings is 4. The first kappa shape index (κ1) is 55.0. The van der Waals surface area contributed by atoms with Crippen molar-refractivity contribution >= 4 is 51.1 Å². The molecule has 0 saturated carbocycles. The van der Waals surface area contributed by atoms with E-state index in [-0.39, 0.29) is 6.61 Å². The quantitative estimate of drug-likeness (QED) is 0.0840. The van der Waals surface area contributed by atoms with Gasteiger partial charge in [-0.05, 0) is 182 Å². The fraction of sp³-hybridized carbons (Fsp3) is 0.368. The minimum Gasteiger partial charge on any atom is -0.479 e. The number of carboxylic acids is 1. The van der Waals surface area contributed by atoms with Crippen LogP contribution in [-0.4, -0.2) is 51.9 Å². The predicted molar refractivity (Wildman–Crippen MR) is 283 cm³/mol. The molecular formula is C57H65BrCl2N2O7. The summed E-state index contributed by atoms with van der Waals surface area (Å²) in [4.78, 5) is 35.6. The van der Waals surface area contributed by atoms with Crippen molar-refractivity contribution in [3.8, 4) is 44.8 Å². The Morgan fingerprint density at radius 3 is 1.36 bits per heavy atom. The van der Waals surface area contributed by atoms with Gasteiger partial charge in [0.1, 0.15) is 0 Å². The van der Waals surface area contributed by atoms with Crippen LogP contribution in [0.3, 0.4) is 0 Å². The molecule has 6 aromatic rings. The monoisotopic (exact) mass is 1040 g/mol. The van der Waals surface area contributed by atoms with Gasteiger partial charge in [0.25, 0.3) is 0 Å². The molecule has 0 aliphatic carbocycles. The number of nitrogens with zero attached hydrogens (tertiary/aromatic N) is 2. The van der Waals surface area contributed by atoms with Crippen LogP contribution in [0.4, 0.5) is 0 Å². The molecule has 69 heavy (non-hydrogen) atoms. The van der Waals surface area contributed by atoms with E-state index in [1.165, 1.54) is 23.8 Å². The van der Waals surface area contributed by atoms with Gasteiger partial charge in [-0.1, -0.05) is 87.7 Å². The van der Waals surface area contributed by atoms with E-state index in [4.69, 9.17) is 52.1 Å². The number of halogens is 3. The molecule has 0 bridgehead atoms. The third-order valence-electron chi connectivity index (χ3n) is 11.6. The maximum Gasteiger partial charge on any atom is 0.339 e. The number of methoxy groups -OCH3 is 1. The standard InChI is InChI=1S/C29H34ClNO4.C28H31BrClNO3/c1-8-34-16-23-25(27(28(32)33)35-29(5,6)7)24(20-11-13-22(30)14-12-20)19(4)26(31-23)21-10-9-17(2)18(3)15-21;1-16-8-9-20(14-17(16)2)25-18(3)23(19-10-12-21(30)13-11-19)24(22(15-29)31-25)26(27(32)33-7)34-28(4,5)6/h9-15,27H,8,16H2,1-7H3,(H,32,33);8-14,26H,15H2,1-7H3/t27-;26-/m00/s1. The Morgan fingerprint density at radius 1 is 0.609 bits per heavy atom. The van der Waals surface area contributed by atoms with Crippen molar-refractivity contribution in [2.75, 3.05) is 13.7 Å². The number of rotatable bonds is 14. The van der Waals surface area contributed by atoms with Crippen molar-refractivity contribution in [2.24, 2.45) is 0 Å². The number of pyridine rings is 2. The number of hydrogen-bond acceptors (Lipinski definition) is 8. The molecular weight excluding hydrogens is 975 g/mol. The van der Waals surface area contributed by atoms with E-state index >= 15 is 0 Å². The summed E-state index contributed by atoms with van der Waals surface area (Å²) in [6.45, 7) is 26.2. The summed E-state index contributed by atoms with van der Waals surface area (Å²) in [7, 11) is 1.38. The Labute approximate surface area is 427 Å². The minimum atomic E-state index is -1.23. The van der Waals surface area contributed by atoms with Gasteiger partial charge in [-0.2, -0.15) is 0 Å². The highest BCUT2D eigenvalue weighted by molar-refractivity contribution is 9.08. The van der Waals surface area contributed by atoms with Crippen LogP contribution in [0.5, 0.6) is 0 Å². The molecule has 0 fully saturated rings. The van der Waals surface area contributed by atoms with Gasteiger partial charge in [-0.25, -0.2) is 14.6 Å². The average molecular weight is 1040 g/mol. The fourth-order valence-corrected chi connectivity index (χ4v) is 8.73. The molecule has 0 aliphatic heterocycles. The summed E-state index contributed by atoms with van der Waals surface area (Å²) in [5.41, 5.74) is 14.9. The fourth-order valence-electron chi connectivity index (χ4n) is 8.05. The summed E-state index contributed by atoms with van der Waals surface area (Å²) in [5, 5.41) is 12.0. The summed E-state index contributed by atoms with van der Waals surface area (Å²) in [5.74, 6) is -1.54. The highest BCUT2D eigenvalue weighted by Crippen LogP contribution is 2.44. The van der Waals surface area contributed by atoms with E-state index in [1.54, 1.807) is 12.1 Å². The number of ether oxygens (including phenoxy) is 4. The van der Waals surface area contributed by atoms with E-state index in [0.29, 0.717) is 38.8 Å². The van der Waals surface area contributed by atoms with Gasteiger partial charge in [0, 0.05) is 44.2 Å². The van der Waals surface area contributed by atoms with Gasteiger partial charge in [0.05, 0.1) is 47.7 Å². The van der Waals surface area contributed by atoms with Crippen molar-refractivity contribution in [1.29, 1.82) is 0 Å². The minimum absolute atomic E-state index is 0.168. The first-order valence-corrected chi connectivity index (χ1v) is 24.8. The lowest BCUT2D eigenvalue weighted by molar-refractivity contribution is -0.164. The van der Waals surface area contributed by atoms with E-state index in [9.17, 15) is 14.7 Å². The largest absolute Gasteiger partial charge is 0.479 e. The number of carboxylic acid groups (broad SMARTS) is 1. The van der Waals surface area contributed by atoms with Crippen LogP contribution in [0.25, 0.3) is 44.8 Å². The number of aryl methyl sites for hydroxylation is 4. The number of aliphatic carboxylic acids is 1. The van der Waals surface area contributed by atoms with Crippen LogP contribution < -0.4 is 0 Å². The Hall–Kier alpha value is -4.94. The van der Waals surface area contributed by atoms with E-state index in [2.05, 4.69) is 74.0 Å². The van der Waals surface area contributed by atoms with Crippen molar-refractivity contribution in [3.05, 3.63) is 151 Å². The number of carbonyl (C=O) groups excluding carboxylic acids is 1. The molecule has 0 spiro atoms. The highest BCUT2D eigenvalue weighted by Gasteiger charge is 2.36. The maximum atomic E-state index is 13.0. The van der Waals surface area contributed by atoms with Crippen LogP contribution in [0.2, 0.25) is 10.0 Å². The second-order valence-electron chi connectivity index (χ2n) is 19.1. The van der Waals surface area contributed by atoms with Crippen LogP contribution in [0.1, 0.15) is 117 Å². The lowest BCUT2D eigenvalue weighted by Gasteiger charge is -2.30. The lowest BCUT2D eigenvalue weighted by Crippen LogP contribution is -2.29. The van der Waals surface area contributed by atoms with Gasteiger partial charge in [-0.3, -0.25) is 4.98 Å².